The zero-order valence-electron chi connectivity index (χ0n) is 13.5. The van der Waals surface area contributed by atoms with Gasteiger partial charge in [0.15, 0.2) is 0 Å². The van der Waals surface area contributed by atoms with Gasteiger partial charge in [-0.15, -0.1) is 10.2 Å². The average molecular weight is 343 g/mol. The summed E-state index contributed by atoms with van der Waals surface area (Å²) in [6.07, 6.45) is 0.449. The summed E-state index contributed by atoms with van der Waals surface area (Å²) in [6.45, 7) is 2.66. The van der Waals surface area contributed by atoms with Gasteiger partial charge in [-0.1, -0.05) is 35.6 Å². The van der Waals surface area contributed by atoms with Crippen LogP contribution in [0.2, 0.25) is 0 Å². The smallest absolute Gasteiger partial charge is 0.205 e. The number of aromatic nitrogens is 2. The molecule has 4 nitrogen and oxygen atoms in total. The number of benzene rings is 2. The molecule has 0 unspecified atom stereocenters. The lowest BCUT2D eigenvalue weighted by atomic mass is 10.1. The second kappa shape index (κ2) is 7.40. The van der Waals surface area contributed by atoms with E-state index in [1.165, 1.54) is 17.4 Å². The van der Waals surface area contributed by atoms with E-state index >= 15 is 0 Å². The quantitative estimate of drug-likeness (QED) is 0.729. The number of rotatable bonds is 6. The average Bonchev–Trinajstić information content (AvgIpc) is 3.02. The second-order valence-electron chi connectivity index (χ2n) is 5.48. The Morgan fingerprint density at radius 1 is 1.17 bits per heavy atom. The van der Waals surface area contributed by atoms with Gasteiger partial charge in [0.05, 0.1) is 7.11 Å². The number of nitrogens with zero attached hydrogens (tertiary/aromatic N) is 2. The number of hydrogen-bond acceptors (Lipinski definition) is 5. The number of aryl methyl sites for hydroxylation is 1. The molecule has 0 atom stereocenters. The molecule has 0 saturated heterocycles. The molecule has 2 aromatic carbocycles. The third-order valence-electron chi connectivity index (χ3n) is 3.56. The maximum atomic E-state index is 13.7. The van der Waals surface area contributed by atoms with E-state index in [1.54, 1.807) is 19.2 Å². The van der Waals surface area contributed by atoms with Crippen LogP contribution in [0.4, 0.5) is 9.52 Å². The topological polar surface area (TPSA) is 47.0 Å². The fourth-order valence-electron chi connectivity index (χ4n) is 2.42. The molecule has 0 aliphatic heterocycles. The van der Waals surface area contributed by atoms with Crippen molar-refractivity contribution in [1.29, 1.82) is 0 Å². The van der Waals surface area contributed by atoms with Crippen LogP contribution in [0.25, 0.3) is 0 Å². The lowest BCUT2D eigenvalue weighted by molar-refractivity contribution is 0.414. The van der Waals surface area contributed by atoms with Gasteiger partial charge in [-0.2, -0.15) is 0 Å². The highest BCUT2D eigenvalue weighted by atomic mass is 32.1. The van der Waals surface area contributed by atoms with E-state index in [2.05, 4.69) is 21.6 Å². The van der Waals surface area contributed by atoms with Crippen molar-refractivity contribution >= 4 is 16.5 Å². The Balaban J connectivity index is 1.64. The lowest BCUT2D eigenvalue weighted by Gasteiger charge is -2.07. The molecule has 0 amide bonds. The SMILES string of the molecule is COc1cc(C)cc(CNc2nnc(Cc3ccccc3F)s2)c1. The van der Waals surface area contributed by atoms with E-state index in [0.717, 1.165) is 27.0 Å². The fraction of sp³-hybridized carbons (Fsp3) is 0.222. The van der Waals surface area contributed by atoms with Crippen molar-refractivity contribution in [3.63, 3.8) is 0 Å². The van der Waals surface area contributed by atoms with Crippen molar-refractivity contribution in [2.45, 2.75) is 19.9 Å². The lowest BCUT2D eigenvalue weighted by Crippen LogP contribution is -2.00. The van der Waals surface area contributed by atoms with Crippen LogP contribution >= 0.6 is 11.3 Å². The monoisotopic (exact) mass is 343 g/mol. The van der Waals surface area contributed by atoms with Crippen LogP contribution in [0.3, 0.4) is 0 Å². The Morgan fingerprint density at radius 3 is 2.79 bits per heavy atom. The summed E-state index contributed by atoms with van der Waals surface area (Å²) in [4.78, 5) is 0. The minimum Gasteiger partial charge on any atom is -0.497 e. The van der Waals surface area contributed by atoms with E-state index in [0.29, 0.717) is 18.5 Å². The van der Waals surface area contributed by atoms with Crippen LogP contribution in [-0.2, 0) is 13.0 Å². The molecule has 3 aromatic rings. The summed E-state index contributed by atoms with van der Waals surface area (Å²) < 4.78 is 19.0. The molecule has 0 bridgehead atoms. The summed E-state index contributed by atoms with van der Waals surface area (Å²) in [5, 5.41) is 13.0. The Bertz CT molecular complexity index is 835. The van der Waals surface area contributed by atoms with Crippen molar-refractivity contribution < 1.29 is 9.13 Å². The molecule has 3 rings (SSSR count). The highest BCUT2D eigenvalue weighted by molar-refractivity contribution is 7.15. The van der Waals surface area contributed by atoms with E-state index in [1.807, 2.05) is 25.1 Å². The Labute approximate surface area is 144 Å². The third-order valence-corrected chi connectivity index (χ3v) is 4.44. The van der Waals surface area contributed by atoms with Crippen LogP contribution < -0.4 is 10.1 Å². The molecule has 124 valence electrons. The predicted molar refractivity (Wildman–Crippen MR) is 94.2 cm³/mol. The number of hydrogen-bond donors (Lipinski definition) is 1. The maximum absolute atomic E-state index is 13.7. The van der Waals surface area contributed by atoms with Gasteiger partial charge in [-0.05, 0) is 41.8 Å². The molecule has 1 heterocycles. The summed E-state index contributed by atoms with van der Waals surface area (Å²) in [6, 6.07) is 12.8. The molecular weight excluding hydrogens is 325 g/mol. The summed E-state index contributed by atoms with van der Waals surface area (Å²) in [5.41, 5.74) is 2.88. The number of nitrogens with one attached hydrogen (secondary N) is 1. The first kappa shape index (κ1) is 16.4. The number of ether oxygens (including phenoxy) is 1. The van der Waals surface area contributed by atoms with Crippen molar-refractivity contribution in [2.75, 3.05) is 12.4 Å². The second-order valence-corrected chi connectivity index (χ2v) is 6.54. The predicted octanol–water partition coefficient (Wildman–Crippen LogP) is 4.20. The van der Waals surface area contributed by atoms with E-state index in [9.17, 15) is 4.39 Å². The Kier molecular flexibility index (Phi) is 5.05. The zero-order valence-corrected chi connectivity index (χ0v) is 14.4. The molecule has 0 radical (unpaired) electrons. The van der Waals surface area contributed by atoms with Crippen LogP contribution in [0, 0.1) is 12.7 Å². The normalized spacial score (nSPS) is 10.6. The minimum absolute atomic E-state index is 0.214. The van der Waals surface area contributed by atoms with Gasteiger partial charge < -0.3 is 10.1 Å². The van der Waals surface area contributed by atoms with Crippen molar-refractivity contribution in [3.8, 4) is 5.75 Å². The molecule has 0 fully saturated rings. The van der Waals surface area contributed by atoms with Crippen LogP contribution in [0.5, 0.6) is 5.75 Å². The molecular formula is C18H18FN3OS. The van der Waals surface area contributed by atoms with Gasteiger partial charge in [0, 0.05) is 13.0 Å². The van der Waals surface area contributed by atoms with Gasteiger partial charge in [0.1, 0.15) is 16.6 Å². The van der Waals surface area contributed by atoms with Gasteiger partial charge in [0.2, 0.25) is 5.13 Å². The summed E-state index contributed by atoms with van der Waals surface area (Å²) in [5.74, 6) is 0.623. The fourth-order valence-corrected chi connectivity index (χ4v) is 3.18. The highest BCUT2D eigenvalue weighted by Crippen LogP contribution is 2.22. The molecule has 6 heteroatoms. The number of methoxy groups -OCH3 is 1. The third kappa shape index (κ3) is 4.08. The first-order valence-corrected chi connectivity index (χ1v) is 8.40. The molecule has 1 aromatic heterocycles. The van der Waals surface area contributed by atoms with Crippen LogP contribution in [0.1, 0.15) is 21.7 Å². The van der Waals surface area contributed by atoms with E-state index < -0.39 is 0 Å². The molecule has 0 aliphatic carbocycles. The van der Waals surface area contributed by atoms with E-state index in [4.69, 9.17) is 4.74 Å². The van der Waals surface area contributed by atoms with Crippen LogP contribution in [0.15, 0.2) is 42.5 Å². The van der Waals surface area contributed by atoms with Gasteiger partial charge in [-0.3, -0.25) is 0 Å². The molecule has 0 saturated carbocycles. The van der Waals surface area contributed by atoms with Crippen molar-refractivity contribution in [3.05, 3.63) is 70.0 Å². The number of halogens is 1. The number of anilines is 1. The standard InChI is InChI=1S/C18H18FN3OS/c1-12-7-13(9-15(8-12)23-2)11-20-18-22-21-17(24-18)10-14-5-3-4-6-16(14)19/h3-9H,10-11H2,1-2H3,(H,20,22). The van der Waals surface area contributed by atoms with Crippen molar-refractivity contribution in [1.82, 2.24) is 10.2 Å². The van der Waals surface area contributed by atoms with Gasteiger partial charge in [-0.25, -0.2) is 4.39 Å². The zero-order chi connectivity index (χ0) is 16.9. The van der Waals surface area contributed by atoms with Crippen molar-refractivity contribution in [2.24, 2.45) is 0 Å². The molecule has 0 aliphatic rings. The minimum atomic E-state index is -0.214. The van der Waals surface area contributed by atoms with Gasteiger partial charge >= 0.3 is 0 Å². The van der Waals surface area contributed by atoms with Crippen LogP contribution in [-0.4, -0.2) is 17.3 Å². The molecule has 24 heavy (non-hydrogen) atoms. The van der Waals surface area contributed by atoms with Gasteiger partial charge in [0.25, 0.3) is 0 Å². The highest BCUT2D eigenvalue weighted by Gasteiger charge is 2.08. The largest absolute Gasteiger partial charge is 0.497 e. The summed E-state index contributed by atoms with van der Waals surface area (Å²) in [7, 11) is 1.66. The molecule has 0 spiro atoms. The maximum Gasteiger partial charge on any atom is 0.205 e. The molecule has 1 N–H and O–H groups in total. The Hall–Kier alpha value is -2.47. The summed E-state index contributed by atoms with van der Waals surface area (Å²) >= 11 is 1.44. The Morgan fingerprint density at radius 2 is 2.00 bits per heavy atom. The first-order chi connectivity index (χ1) is 11.6. The van der Waals surface area contributed by atoms with E-state index in [-0.39, 0.29) is 5.82 Å². The first-order valence-electron chi connectivity index (χ1n) is 7.58.